The Morgan fingerprint density at radius 2 is 2.44 bits per heavy atom. The Bertz CT molecular complexity index is 709. The molecular formula is C12H12N4OS. The van der Waals surface area contributed by atoms with Crippen LogP contribution in [-0.2, 0) is 19.4 Å². The van der Waals surface area contributed by atoms with E-state index in [9.17, 15) is 4.79 Å². The van der Waals surface area contributed by atoms with Crippen molar-refractivity contribution in [2.24, 2.45) is 5.92 Å². The first kappa shape index (κ1) is 11.4. The van der Waals surface area contributed by atoms with Crippen molar-refractivity contribution in [2.75, 3.05) is 0 Å². The number of aryl methyl sites for hydroxylation is 1. The molecule has 0 unspecified atom stereocenters. The van der Waals surface area contributed by atoms with Crippen LogP contribution in [0, 0.1) is 17.2 Å². The van der Waals surface area contributed by atoms with Gasteiger partial charge < -0.3 is 0 Å². The minimum absolute atomic E-state index is 0.0389. The standard InChI is InChI=1S/C12H12N4OS/c1-7-2-3-8-9(6-7)18-11-10(8)12(17)16(5-4-13)15-14-11/h7H,2-3,5-6H2,1H3/t7-/m0/s1. The maximum atomic E-state index is 12.2. The average molecular weight is 260 g/mol. The van der Waals surface area contributed by atoms with Crippen molar-refractivity contribution in [3.8, 4) is 6.07 Å². The normalized spacial score (nSPS) is 18.6. The lowest BCUT2D eigenvalue weighted by Gasteiger charge is -2.17. The molecule has 2 aromatic heterocycles. The highest BCUT2D eigenvalue weighted by Crippen LogP contribution is 2.35. The van der Waals surface area contributed by atoms with Gasteiger partial charge in [-0.25, -0.2) is 0 Å². The van der Waals surface area contributed by atoms with Gasteiger partial charge in [0.2, 0.25) is 0 Å². The van der Waals surface area contributed by atoms with Crippen LogP contribution in [0.25, 0.3) is 10.2 Å². The quantitative estimate of drug-likeness (QED) is 0.779. The van der Waals surface area contributed by atoms with Gasteiger partial charge in [0.25, 0.3) is 5.56 Å². The fourth-order valence-electron chi connectivity index (χ4n) is 2.46. The highest BCUT2D eigenvalue weighted by molar-refractivity contribution is 7.18. The number of thiophene rings is 1. The monoisotopic (exact) mass is 260 g/mol. The first-order valence-corrected chi connectivity index (χ1v) is 6.77. The lowest BCUT2D eigenvalue weighted by Crippen LogP contribution is -2.24. The zero-order chi connectivity index (χ0) is 12.7. The molecule has 1 atom stereocenters. The van der Waals surface area contributed by atoms with Crippen LogP contribution in [0.15, 0.2) is 4.79 Å². The third-order valence-corrected chi connectivity index (χ3v) is 4.54. The van der Waals surface area contributed by atoms with Crippen LogP contribution < -0.4 is 5.56 Å². The summed E-state index contributed by atoms with van der Waals surface area (Å²) in [4.78, 5) is 14.2. The molecule has 0 aliphatic heterocycles. The zero-order valence-corrected chi connectivity index (χ0v) is 10.8. The average Bonchev–Trinajstić information content (AvgIpc) is 2.71. The number of nitriles is 1. The maximum Gasteiger partial charge on any atom is 0.279 e. The van der Waals surface area contributed by atoms with Gasteiger partial charge in [-0.05, 0) is 30.7 Å². The Morgan fingerprint density at radius 1 is 1.61 bits per heavy atom. The number of fused-ring (bicyclic) bond motifs is 3. The molecule has 0 spiro atoms. The minimum atomic E-state index is -0.173. The van der Waals surface area contributed by atoms with Gasteiger partial charge in [-0.15, -0.1) is 16.4 Å². The second-order valence-corrected chi connectivity index (χ2v) is 5.83. The van der Waals surface area contributed by atoms with Crippen molar-refractivity contribution in [1.82, 2.24) is 15.0 Å². The first-order chi connectivity index (χ1) is 8.70. The summed E-state index contributed by atoms with van der Waals surface area (Å²) in [5.41, 5.74) is 0.966. The Morgan fingerprint density at radius 3 is 3.22 bits per heavy atom. The van der Waals surface area contributed by atoms with E-state index in [1.165, 1.54) is 4.88 Å². The van der Waals surface area contributed by atoms with E-state index in [4.69, 9.17) is 5.26 Å². The molecule has 0 saturated heterocycles. The van der Waals surface area contributed by atoms with E-state index in [0.717, 1.165) is 29.5 Å². The van der Waals surface area contributed by atoms with Crippen molar-refractivity contribution in [3.05, 3.63) is 20.8 Å². The SMILES string of the molecule is C[C@H]1CCc2c(sc3nnn(CC#N)c(=O)c23)C1. The number of nitrogens with zero attached hydrogens (tertiary/aromatic N) is 4. The van der Waals surface area contributed by atoms with Crippen molar-refractivity contribution >= 4 is 21.6 Å². The van der Waals surface area contributed by atoms with Gasteiger partial charge in [-0.2, -0.15) is 9.94 Å². The second-order valence-electron chi connectivity index (χ2n) is 4.74. The van der Waals surface area contributed by atoms with Gasteiger partial charge >= 0.3 is 0 Å². The molecule has 6 heteroatoms. The van der Waals surface area contributed by atoms with E-state index >= 15 is 0 Å². The van der Waals surface area contributed by atoms with E-state index in [1.54, 1.807) is 11.3 Å². The minimum Gasteiger partial charge on any atom is -0.267 e. The number of hydrogen-bond donors (Lipinski definition) is 0. The highest BCUT2D eigenvalue weighted by Gasteiger charge is 2.23. The maximum absolute atomic E-state index is 12.2. The Labute approximate surface area is 108 Å². The summed E-state index contributed by atoms with van der Waals surface area (Å²) in [5.74, 6) is 0.667. The van der Waals surface area contributed by atoms with Crippen LogP contribution in [0.5, 0.6) is 0 Å². The van der Waals surface area contributed by atoms with E-state index < -0.39 is 0 Å². The molecule has 3 rings (SSSR count). The highest BCUT2D eigenvalue weighted by atomic mass is 32.1. The molecule has 0 saturated carbocycles. The van der Waals surface area contributed by atoms with Crippen molar-refractivity contribution in [1.29, 1.82) is 5.26 Å². The fraction of sp³-hybridized carbons (Fsp3) is 0.500. The van der Waals surface area contributed by atoms with Crippen molar-refractivity contribution in [3.63, 3.8) is 0 Å². The van der Waals surface area contributed by atoms with E-state index in [0.29, 0.717) is 16.1 Å². The topological polar surface area (TPSA) is 71.6 Å². The van der Waals surface area contributed by atoms with Gasteiger partial charge in [0, 0.05) is 4.88 Å². The molecule has 1 aliphatic rings. The number of aromatic nitrogens is 3. The molecule has 18 heavy (non-hydrogen) atoms. The molecule has 0 bridgehead atoms. The van der Waals surface area contributed by atoms with Crippen LogP contribution in [0.4, 0.5) is 0 Å². The summed E-state index contributed by atoms with van der Waals surface area (Å²) in [5, 5.41) is 17.2. The van der Waals surface area contributed by atoms with Crippen LogP contribution >= 0.6 is 11.3 Å². The first-order valence-electron chi connectivity index (χ1n) is 5.95. The van der Waals surface area contributed by atoms with E-state index in [-0.39, 0.29) is 12.1 Å². The van der Waals surface area contributed by atoms with Gasteiger partial charge in [-0.1, -0.05) is 12.1 Å². The third-order valence-electron chi connectivity index (χ3n) is 3.41. The Balaban J connectivity index is 2.26. The molecule has 2 aromatic rings. The molecule has 0 radical (unpaired) electrons. The van der Waals surface area contributed by atoms with Gasteiger partial charge in [-0.3, -0.25) is 4.79 Å². The zero-order valence-electron chi connectivity index (χ0n) is 10.0. The molecule has 0 aromatic carbocycles. The summed E-state index contributed by atoms with van der Waals surface area (Å²) >= 11 is 1.57. The van der Waals surface area contributed by atoms with Crippen LogP contribution in [0.3, 0.4) is 0 Å². The largest absolute Gasteiger partial charge is 0.279 e. The summed E-state index contributed by atoms with van der Waals surface area (Å²) in [6, 6.07) is 1.93. The summed E-state index contributed by atoms with van der Waals surface area (Å²) in [7, 11) is 0. The molecule has 1 aliphatic carbocycles. The Kier molecular flexibility index (Phi) is 2.63. The molecule has 5 nitrogen and oxygen atoms in total. The molecule has 2 heterocycles. The van der Waals surface area contributed by atoms with Crippen LogP contribution in [-0.4, -0.2) is 15.0 Å². The molecular weight excluding hydrogens is 248 g/mol. The Hall–Kier alpha value is -1.74. The summed E-state index contributed by atoms with van der Waals surface area (Å²) < 4.78 is 1.15. The predicted octanol–water partition coefficient (Wildman–Crippen LogP) is 1.50. The van der Waals surface area contributed by atoms with Crippen molar-refractivity contribution in [2.45, 2.75) is 32.7 Å². The van der Waals surface area contributed by atoms with Gasteiger partial charge in [0.1, 0.15) is 6.54 Å². The smallest absolute Gasteiger partial charge is 0.267 e. The number of rotatable bonds is 1. The number of hydrogen-bond acceptors (Lipinski definition) is 5. The van der Waals surface area contributed by atoms with Crippen molar-refractivity contribution < 1.29 is 0 Å². The van der Waals surface area contributed by atoms with Gasteiger partial charge in [0.05, 0.1) is 11.5 Å². The van der Waals surface area contributed by atoms with Crippen LogP contribution in [0.1, 0.15) is 23.8 Å². The summed E-state index contributed by atoms with van der Waals surface area (Å²) in [6.45, 7) is 2.19. The lowest BCUT2D eigenvalue weighted by atomic mass is 9.89. The molecule has 0 N–H and O–H groups in total. The molecule has 0 amide bonds. The van der Waals surface area contributed by atoms with E-state index in [2.05, 4.69) is 17.2 Å². The summed E-state index contributed by atoms with van der Waals surface area (Å²) in [6.07, 6.45) is 3.07. The fourth-order valence-corrected chi connectivity index (χ4v) is 3.78. The van der Waals surface area contributed by atoms with E-state index in [1.807, 2.05) is 6.07 Å². The lowest BCUT2D eigenvalue weighted by molar-refractivity contribution is 0.508. The molecule has 92 valence electrons. The van der Waals surface area contributed by atoms with Crippen LogP contribution in [0.2, 0.25) is 0 Å². The van der Waals surface area contributed by atoms with Gasteiger partial charge in [0.15, 0.2) is 4.83 Å². The second kappa shape index (κ2) is 4.18. The third kappa shape index (κ3) is 1.63. The predicted molar refractivity (Wildman–Crippen MR) is 68.5 cm³/mol. The molecule has 0 fully saturated rings.